The molecule has 0 aromatic heterocycles. The number of hydrogen-bond acceptors (Lipinski definition) is 0. The Morgan fingerprint density at radius 3 is 1.95 bits per heavy atom. The van der Waals surface area contributed by atoms with E-state index in [4.69, 9.17) is 23.2 Å². The summed E-state index contributed by atoms with van der Waals surface area (Å²) in [6, 6.07) is 33.9. The Bertz CT molecular complexity index is 1450. The van der Waals surface area contributed by atoms with E-state index in [9.17, 15) is 0 Å². The van der Waals surface area contributed by atoms with Crippen molar-refractivity contribution in [2.75, 3.05) is 0 Å². The fraction of sp³-hybridized carbons (Fsp3) is 0.216. The Balaban J connectivity index is 0.000000219. The van der Waals surface area contributed by atoms with Gasteiger partial charge in [0, 0.05) is 0 Å². The maximum absolute atomic E-state index is 5.98. The van der Waals surface area contributed by atoms with Crippen molar-refractivity contribution in [1.29, 1.82) is 0 Å². The molecule has 216 valence electrons. The molecule has 42 heavy (non-hydrogen) atoms. The van der Waals surface area contributed by atoms with Crippen LogP contribution in [0.3, 0.4) is 0 Å². The van der Waals surface area contributed by atoms with E-state index in [1.54, 1.807) is 0 Å². The number of fused-ring (bicyclic) bond motifs is 3. The molecule has 0 N–H and O–H groups in total. The van der Waals surface area contributed by atoms with Crippen LogP contribution in [-0.2, 0) is 30.7 Å². The number of halogens is 4. The zero-order valence-electron chi connectivity index (χ0n) is 24.3. The summed E-state index contributed by atoms with van der Waals surface area (Å²) in [6.45, 7) is 8.94. The van der Waals surface area contributed by atoms with Crippen molar-refractivity contribution < 1.29 is 49.0 Å². The Kier molecular flexibility index (Phi) is 14.7. The molecule has 1 atom stereocenters. The minimum absolute atomic E-state index is 0. The van der Waals surface area contributed by atoms with Crippen molar-refractivity contribution in [3.05, 3.63) is 153 Å². The van der Waals surface area contributed by atoms with E-state index in [0.29, 0.717) is 11.3 Å². The minimum atomic E-state index is 0. The molecule has 5 heteroatoms. The second kappa shape index (κ2) is 16.9. The van der Waals surface area contributed by atoms with E-state index in [0.717, 1.165) is 27.6 Å². The van der Waals surface area contributed by atoms with Crippen molar-refractivity contribution in [1.82, 2.24) is 0 Å². The quantitative estimate of drug-likeness (QED) is 0.242. The minimum Gasteiger partial charge on any atom is -1.00 e. The van der Waals surface area contributed by atoms with Gasteiger partial charge < -0.3 is 24.8 Å². The molecule has 1 unspecified atom stereocenters. The van der Waals surface area contributed by atoms with Gasteiger partial charge in [-0.25, -0.2) is 6.08 Å². The molecule has 0 nitrogen and oxygen atoms in total. The van der Waals surface area contributed by atoms with Crippen LogP contribution in [0.2, 0.25) is 10.0 Å². The Morgan fingerprint density at radius 1 is 0.833 bits per heavy atom. The standard InChI is InChI=1S/C13H8Cl2.C13H9.C11H17.2ClH.Zr/c14-12-5-1-3-10(8-12)7-11-4-2-6-13(15)9-11;1-3-7-12-10(5-1)9-11-6-2-4-8-13(11)12;1-5-9-6-7-10(8-9)11(2,3)4;;;/h1-6,8-9H;1-5,7-8H,9H2;7-9H,5H2,1-4H3;2*1H;/q;2*-1;;;+2/p-2. The van der Waals surface area contributed by atoms with Gasteiger partial charge in [0.25, 0.3) is 0 Å². The molecule has 0 saturated heterocycles. The molecule has 2 aliphatic carbocycles. The summed E-state index contributed by atoms with van der Waals surface area (Å²) in [6.07, 6.45) is 10.1. The van der Waals surface area contributed by atoms with Gasteiger partial charge in [0.15, 0.2) is 0 Å². The Hall–Kier alpha value is -1.73. The van der Waals surface area contributed by atoms with Crippen molar-refractivity contribution in [2.45, 2.75) is 40.5 Å². The first-order chi connectivity index (χ1) is 19.2. The summed E-state index contributed by atoms with van der Waals surface area (Å²) in [7, 11) is 0. The summed E-state index contributed by atoms with van der Waals surface area (Å²) >= 11 is 13.3. The van der Waals surface area contributed by atoms with E-state index in [1.807, 2.05) is 42.5 Å². The van der Waals surface area contributed by atoms with Crippen LogP contribution in [-0.4, -0.2) is 3.21 Å². The van der Waals surface area contributed by atoms with Gasteiger partial charge in [0.1, 0.15) is 0 Å². The van der Waals surface area contributed by atoms with E-state index in [1.165, 1.54) is 61.7 Å². The summed E-state index contributed by atoms with van der Waals surface area (Å²) in [5, 5.41) is 1.53. The first kappa shape index (κ1) is 36.5. The fourth-order valence-electron chi connectivity index (χ4n) is 4.66. The van der Waals surface area contributed by atoms with Crippen LogP contribution < -0.4 is 24.8 Å². The summed E-state index contributed by atoms with van der Waals surface area (Å²) in [4.78, 5) is 0. The Labute approximate surface area is 289 Å². The van der Waals surface area contributed by atoms with Gasteiger partial charge in [-0.3, -0.25) is 6.08 Å². The van der Waals surface area contributed by atoms with Gasteiger partial charge in [-0.1, -0.05) is 80.8 Å². The van der Waals surface area contributed by atoms with Gasteiger partial charge >= 0.3 is 120 Å². The number of allylic oxidation sites excluding steroid dienone is 4. The predicted octanol–water partition coefficient (Wildman–Crippen LogP) is 4.53. The molecular weight excluding hydrogens is 677 g/mol. The van der Waals surface area contributed by atoms with Gasteiger partial charge in [-0.05, 0) is 6.42 Å². The largest absolute Gasteiger partial charge is 1.00 e. The topological polar surface area (TPSA) is 0 Å². The molecule has 0 spiro atoms. The molecule has 0 amide bonds. The molecule has 6 rings (SSSR count). The maximum Gasteiger partial charge on any atom is -0.0253 e. The molecule has 2 aliphatic rings. The number of hydrogen-bond donors (Lipinski definition) is 0. The van der Waals surface area contributed by atoms with Crippen molar-refractivity contribution in [3.63, 3.8) is 0 Å². The smallest absolute Gasteiger partial charge is 0.0253 e. The van der Waals surface area contributed by atoms with E-state index < -0.39 is 0 Å². The van der Waals surface area contributed by atoms with Gasteiger partial charge in [-0.15, -0.1) is 5.56 Å². The van der Waals surface area contributed by atoms with Crippen molar-refractivity contribution in [2.24, 2.45) is 11.3 Å². The number of rotatable bonds is 3. The average Bonchev–Trinajstić information content (AvgIpc) is 3.59. The third-order valence-electron chi connectivity index (χ3n) is 6.98. The molecule has 0 aliphatic heterocycles. The van der Waals surface area contributed by atoms with Crippen LogP contribution in [0, 0.1) is 23.5 Å². The normalized spacial score (nSPS) is 14.0. The average molecular weight is 712 g/mol. The molecule has 0 bridgehead atoms. The summed E-state index contributed by atoms with van der Waals surface area (Å²) < 4.78 is 1.26. The molecule has 0 fully saturated rings. The predicted molar refractivity (Wildman–Crippen MR) is 169 cm³/mol. The molecule has 4 aromatic rings. The molecule has 0 heterocycles. The van der Waals surface area contributed by atoms with Crippen LogP contribution in [0.1, 0.15) is 56.4 Å². The van der Waals surface area contributed by atoms with Gasteiger partial charge in [0.2, 0.25) is 0 Å². The SMILES string of the molecule is CCC1[C-]=CC(C(C)(C)C)=C1.Clc1cccc([C](=[Zr+2])c2cccc(Cl)c2)c1.[Cl-].[Cl-].[c-]1cccc2c1Cc1ccccc1-2. The molecule has 0 saturated carbocycles. The van der Waals surface area contributed by atoms with Crippen molar-refractivity contribution in [3.8, 4) is 11.1 Å². The van der Waals surface area contributed by atoms with Gasteiger partial charge in [-0.2, -0.15) is 41.5 Å². The molecule has 4 aromatic carbocycles. The zero-order chi connectivity index (χ0) is 28.7. The maximum atomic E-state index is 5.98. The van der Waals surface area contributed by atoms with E-state index in [-0.39, 0.29) is 24.8 Å². The fourth-order valence-corrected chi connectivity index (χ4v) is 5.81. The Morgan fingerprint density at radius 2 is 1.43 bits per heavy atom. The molecular formula is C37H34Cl4Zr-2. The van der Waals surface area contributed by atoms with E-state index >= 15 is 0 Å². The van der Waals surface area contributed by atoms with Crippen LogP contribution in [0.25, 0.3) is 11.1 Å². The second-order valence-electron chi connectivity index (χ2n) is 11.0. The van der Waals surface area contributed by atoms with Crippen LogP contribution in [0.15, 0.2) is 109 Å². The zero-order valence-corrected chi connectivity index (χ0v) is 29.8. The van der Waals surface area contributed by atoms with Gasteiger partial charge in [0.05, 0.1) is 0 Å². The first-order valence-corrected chi connectivity index (χ1v) is 15.6. The first-order valence-electron chi connectivity index (χ1n) is 13.7. The van der Waals surface area contributed by atoms with Crippen LogP contribution in [0.5, 0.6) is 0 Å². The van der Waals surface area contributed by atoms with Crippen molar-refractivity contribution >= 4 is 26.4 Å². The summed E-state index contributed by atoms with van der Waals surface area (Å²) in [5.41, 5.74) is 9.57. The van der Waals surface area contributed by atoms with Crippen LogP contribution >= 0.6 is 23.2 Å². The third kappa shape index (κ3) is 9.90. The molecule has 0 radical (unpaired) electrons. The monoisotopic (exact) mass is 708 g/mol. The third-order valence-corrected chi connectivity index (χ3v) is 8.87. The van der Waals surface area contributed by atoms with E-state index in [2.05, 4.69) is 101 Å². The number of benzene rings is 4. The second-order valence-corrected chi connectivity index (χ2v) is 13.1. The summed E-state index contributed by atoms with van der Waals surface area (Å²) in [5.74, 6) is 0.573. The van der Waals surface area contributed by atoms with Crippen LogP contribution in [0.4, 0.5) is 0 Å².